The van der Waals surface area contributed by atoms with Crippen LogP contribution in [0.5, 0.6) is 0 Å². The van der Waals surface area contributed by atoms with Gasteiger partial charge in [-0.1, -0.05) is 57.2 Å². The molecular weight excluding hydrogens is 262 g/mol. The lowest BCUT2D eigenvalue weighted by Crippen LogP contribution is -2.13. The van der Waals surface area contributed by atoms with Crippen molar-refractivity contribution in [2.75, 3.05) is 5.32 Å². The standard InChI is InChI=1S/C18H29NO2/c1-2-3-4-5-9-13-17(20)14-10-15-18(21)19-16-11-7-6-8-12-16/h6-8,11-12,17,20H,2-5,9-10,13-15H2,1H3,(H,19,21). The number of hydrogen-bond donors (Lipinski definition) is 2. The number of carbonyl (C=O) groups excluding carboxylic acids is 1. The number of unbranched alkanes of at least 4 members (excludes halogenated alkanes) is 4. The summed E-state index contributed by atoms with van der Waals surface area (Å²) in [5.41, 5.74) is 0.832. The van der Waals surface area contributed by atoms with Crippen molar-refractivity contribution >= 4 is 11.6 Å². The molecule has 0 aliphatic carbocycles. The van der Waals surface area contributed by atoms with Crippen molar-refractivity contribution in [1.29, 1.82) is 0 Å². The summed E-state index contributed by atoms with van der Waals surface area (Å²) >= 11 is 0. The summed E-state index contributed by atoms with van der Waals surface area (Å²) in [6.45, 7) is 2.20. The van der Waals surface area contributed by atoms with Crippen molar-refractivity contribution in [3.05, 3.63) is 30.3 Å². The maximum atomic E-state index is 11.7. The van der Waals surface area contributed by atoms with Gasteiger partial charge in [0.25, 0.3) is 0 Å². The fraction of sp³-hybridized carbons (Fsp3) is 0.611. The molecule has 1 aromatic carbocycles. The van der Waals surface area contributed by atoms with Crippen LogP contribution in [0.15, 0.2) is 30.3 Å². The highest BCUT2D eigenvalue weighted by atomic mass is 16.3. The molecule has 1 rings (SSSR count). The molecule has 1 atom stereocenters. The van der Waals surface area contributed by atoms with E-state index in [-0.39, 0.29) is 12.0 Å². The summed E-state index contributed by atoms with van der Waals surface area (Å²) < 4.78 is 0. The van der Waals surface area contributed by atoms with Crippen LogP contribution in [0.4, 0.5) is 5.69 Å². The molecular formula is C18H29NO2. The Morgan fingerprint density at radius 3 is 2.43 bits per heavy atom. The predicted molar refractivity (Wildman–Crippen MR) is 88.3 cm³/mol. The van der Waals surface area contributed by atoms with Gasteiger partial charge in [0.05, 0.1) is 6.10 Å². The summed E-state index contributed by atoms with van der Waals surface area (Å²) in [5.74, 6) is 0.0244. The first-order valence-corrected chi connectivity index (χ1v) is 8.25. The molecule has 118 valence electrons. The molecule has 2 N–H and O–H groups in total. The van der Waals surface area contributed by atoms with Crippen LogP contribution in [0.25, 0.3) is 0 Å². The monoisotopic (exact) mass is 291 g/mol. The maximum Gasteiger partial charge on any atom is 0.224 e. The number of rotatable bonds is 11. The molecule has 0 aromatic heterocycles. The zero-order valence-electron chi connectivity index (χ0n) is 13.2. The second kappa shape index (κ2) is 11.3. The first-order valence-electron chi connectivity index (χ1n) is 8.25. The van der Waals surface area contributed by atoms with Gasteiger partial charge in [0.2, 0.25) is 5.91 Å². The lowest BCUT2D eigenvalue weighted by molar-refractivity contribution is -0.116. The van der Waals surface area contributed by atoms with Crippen LogP contribution >= 0.6 is 0 Å². The third kappa shape index (κ3) is 9.24. The van der Waals surface area contributed by atoms with Gasteiger partial charge in [0.1, 0.15) is 0 Å². The van der Waals surface area contributed by atoms with Gasteiger partial charge in [-0.25, -0.2) is 0 Å². The Balaban J connectivity index is 2.03. The van der Waals surface area contributed by atoms with Crippen LogP contribution < -0.4 is 5.32 Å². The molecule has 3 heteroatoms. The minimum absolute atomic E-state index is 0.0244. The first kappa shape index (κ1) is 17.7. The number of hydrogen-bond acceptors (Lipinski definition) is 2. The highest BCUT2D eigenvalue weighted by Gasteiger charge is 2.07. The Morgan fingerprint density at radius 2 is 1.71 bits per heavy atom. The van der Waals surface area contributed by atoms with E-state index < -0.39 is 0 Å². The first-order chi connectivity index (χ1) is 10.2. The number of benzene rings is 1. The third-order valence-electron chi connectivity index (χ3n) is 3.64. The van der Waals surface area contributed by atoms with Crippen LogP contribution in [-0.4, -0.2) is 17.1 Å². The van der Waals surface area contributed by atoms with Gasteiger partial charge < -0.3 is 10.4 Å². The highest BCUT2D eigenvalue weighted by Crippen LogP contribution is 2.12. The Hall–Kier alpha value is -1.35. The number of aliphatic hydroxyl groups excluding tert-OH is 1. The van der Waals surface area contributed by atoms with Crippen LogP contribution in [0.2, 0.25) is 0 Å². The molecule has 1 aromatic rings. The molecule has 0 aliphatic heterocycles. The van der Waals surface area contributed by atoms with Crippen LogP contribution in [0.1, 0.15) is 64.7 Å². The van der Waals surface area contributed by atoms with E-state index in [1.165, 1.54) is 25.7 Å². The van der Waals surface area contributed by atoms with E-state index in [1.807, 2.05) is 30.3 Å². The molecule has 0 aliphatic rings. The van der Waals surface area contributed by atoms with Crippen molar-refractivity contribution in [1.82, 2.24) is 0 Å². The van der Waals surface area contributed by atoms with Crippen molar-refractivity contribution in [3.63, 3.8) is 0 Å². The summed E-state index contributed by atoms with van der Waals surface area (Å²) in [4.78, 5) is 11.7. The molecule has 1 unspecified atom stereocenters. The minimum Gasteiger partial charge on any atom is -0.393 e. The Morgan fingerprint density at radius 1 is 1.05 bits per heavy atom. The lowest BCUT2D eigenvalue weighted by Gasteiger charge is -2.10. The second-order valence-corrected chi connectivity index (χ2v) is 5.66. The Labute approximate surface area is 128 Å². The quantitative estimate of drug-likeness (QED) is 0.589. The Bertz CT molecular complexity index is 378. The van der Waals surface area contributed by atoms with Crippen LogP contribution in [-0.2, 0) is 4.79 Å². The SMILES string of the molecule is CCCCCCCC(O)CCCC(=O)Nc1ccccc1. The highest BCUT2D eigenvalue weighted by molar-refractivity contribution is 5.90. The van der Waals surface area contributed by atoms with Gasteiger partial charge in [-0.05, 0) is 31.4 Å². The van der Waals surface area contributed by atoms with Gasteiger partial charge in [-0.2, -0.15) is 0 Å². The van der Waals surface area contributed by atoms with Crippen molar-refractivity contribution < 1.29 is 9.90 Å². The fourth-order valence-electron chi connectivity index (χ4n) is 2.37. The predicted octanol–water partition coefficient (Wildman–Crippen LogP) is 4.52. The number of carbonyl (C=O) groups is 1. The van der Waals surface area contributed by atoms with Crippen molar-refractivity contribution in [3.8, 4) is 0 Å². The topological polar surface area (TPSA) is 49.3 Å². The number of anilines is 1. The molecule has 0 spiro atoms. The molecule has 0 saturated carbocycles. The summed E-state index contributed by atoms with van der Waals surface area (Å²) in [6.07, 6.45) is 8.65. The second-order valence-electron chi connectivity index (χ2n) is 5.66. The normalized spacial score (nSPS) is 12.1. The number of para-hydroxylation sites is 1. The van der Waals surface area contributed by atoms with E-state index in [0.717, 1.165) is 31.4 Å². The molecule has 1 amide bonds. The molecule has 0 bridgehead atoms. The molecule has 0 saturated heterocycles. The summed E-state index contributed by atoms with van der Waals surface area (Å²) in [6, 6.07) is 9.48. The van der Waals surface area contributed by atoms with E-state index in [1.54, 1.807) is 0 Å². The number of aliphatic hydroxyl groups is 1. The molecule has 3 nitrogen and oxygen atoms in total. The van der Waals surface area contributed by atoms with E-state index in [0.29, 0.717) is 6.42 Å². The van der Waals surface area contributed by atoms with E-state index in [4.69, 9.17) is 0 Å². The number of amides is 1. The average molecular weight is 291 g/mol. The van der Waals surface area contributed by atoms with E-state index >= 15 is 0 Å². The zero-order valence-corrected chi connectivity index (χ0v) is 13.2. The van der Waals surface area contributed by atoms with E-state index in [2.05, 4.69) is 12.2 Å². The van der Waals surface area contributed by atoms with Gasteiger partial charge in [-0.15, -0.1) is 0 Å². The van der Waals surface area contributed by atoms with Crippen molar-refractivity contribution in [2.45, 2.75) is 70.8 Å². The van der Waals surface area contributed by atoms with Crippen LogP contribution in [0, 0.1) is 0 Å². The van der Waals surface area contributed by atoms with Crippen LogP contribution in [0.3, 0.4) is 0 Å². The molecule has 0 fully saturated rings. The zero-order chi connectivity index (χ0) is 15.3. The largest absolute Gasteiger partial charge is 0.393 e. The summed E-state index contributed by atoms with van der Waals surface area (Å²) in [7, 11) is 0. The Kier molecular flexibility index (Phi) is 9.55. The average Bonchev–Trinajstić information content (AvgIpc) is 2.48. The summed E-state index contributed by atoms with van der Waals surface area (Å²) in [5, 5.41) is 12.7. The minimum atomic E-state index is -0.254. The van der Waals surface area contributed by atoms with Gasteiger partial charge in [0.15, 0.2) is 0 Å². The molecule has 0 radical (unpaired) electrons. The fourth-order valence-corrected chi connectivity index (χ4v) is 2.37. The third-order valence-corrected chi connectivity index (χ3v) is 3.64. The van der Waals surface area contributed by atoms with Crippen molar-refractivity contribution in [2.24, 2.45) is 0 Å². The lowest BCUT2D eigenvalue weighted by atomic mass is 10.0. The molecule has 0 heterocycles. The van der Waals surface area contributed by atoms with Gasteiger partial charge in [0, 0.05) is 12.1 Å². The maximum absolute atomic E-state index is 11.7. The number of nitrogens with one attached hydrogen (secondary N) is 1. The molecule has 21 heavy (non-hydrogen) atoms. The smallest absolute Gasteiger partial charge is 0.224 e. The van der Waals surface area contributed by atoms with Gasteiger partial charge >= 0.3 is 0 Å². The van der Waals surface area contributed by atoms with Gasteiger partial charge in [-0.3, -0.25) is 4.79 Å². The van der Waals surface area contributed by atoms with E-state index in [9.17, 15) is 9.90 Å².